The first-order valence-electron chi connectivity index (χ1n) is 14.9. The van der Waals surface area contributed by atoms with Gasteiger partial charge < -0.3 is 19.3 Å². The van der Waals surface area contributed by atoms with E-state index in [1.165, 1.54) is 0 Å². The molecule has 9 heteroatoms. The van der Waals surface area contributed by atoms with Crippen molar-refractivity contribution in [2.45, 2.75) is 42.8 Å². The van der Waals surface area contributed by atoms with Gasteiger partial charge in [-0.05, 0) is 71.5 Å². The summed E-state index contributed by atoms with van der Waals surface area (Å²) in [4.78, 5) is 20.8. The standard InChI is InChI=1S/C35H37N3O5S/c1-37(2)31-7-5-8-32(23-31)42-34(39)38-20-17-35(18-21-38)16-15-29-22-28(13-14-33(29)43-35)27-11-9-26(10-12-27)24-44(40,41)25-30-6-3-4-19-36-30/h3-14,19,22-23H,15-18,20-21,24-25H2,1-2H3. The van der Waals surface area contributed by atoms with Gasteiger partial charge in [0.15, 0.2) is 9.84 Å². The molecule has 0 bridgehead atoms. The van der Waals surface area contributed by atoms with Crippen LogP contribution in [0.3, 0.4) is 0 Å². The van der Waals surface area contributed by atoms with Crippen molar-refractivity contribution in [2.75, 3.05) is 32.1 Å². The molecule has 44 heavy (non-hydrogen) atoms. The number of piperidine rings is 1. The summed E-state index contributed by atoms with van der Waals surface area (Å²) in [6, 6.07) is 26.8. The summed E-state index contributed by atoms with van der Waals surface area (Å²) in [6.45, 7) is 1.17. The van der Waals surface area contributed by atoms with Gasteiger partial charge in [-0.3, -0.25) is 4.98 Å². The number of likely N-dealkylation sites (tertiary alicyclic amines) is 1. The Morgan fingerprint density at radius 2 is 1.68 bits per heavy atom. The molecular formula is C35H37N3O5S. The highest BCUT2D eigenvalue weighted by Gasteiger charge is 2.41. The summed E-state index contributed by atoms with van der Waals surface area (Å²) < 4.78 is 37.7. The van der Waals surface area contributed by atoms with Crippen LogP contribution in [0.4, 0.5) is 10.5 Å². The van der Waals surface area contributed by atoms with Crippen molar-refractivity contribution < 1.29 is 22.7 Å². The Bertz CT molecular complexity index is 1730. The maximum Gasteiger partial charge on any atom is 0.415 e. The fourth-order valence-electron chi connectivity index (χ4n) is 5.95. The van der Waals surface area contributed by atoms with Crippen molar-refractivity contribution in [3.63, 3.8) is 0 Å². The van der Waals surface area contributed by atoms with Crippen molar-refractivity contribution in [1.29, 1.82) is 0 Å². The number of nitrogens with zero attached hydrogens (tertiary/aromatic N) is 3. The number of aryl methyl sites for hydroxylation is 1. The molecule has 1 amide bonds. The Labute approximate surface area is 259 Å². The van der Waals surface area contributed by atoms with E-state index in [4.69, 9.17) is 9.47 Å². The number of fused-ring (bicyclic) bond motifs is 1. The molecule has 0 unspecified atom stereocenters. The van der Waals surface area contributed by atoms with Gasteiger partial charge in [0.2, 0.25) is 0 Å². The van der Waals surface area contributed by atoms with E-state index in [1.54, 1.807) is 35.4 Å². The van der Waals surface area contributed by atoms with Gasteiger partial charge in [-0.2, -0.15) is 0 Å². The van der Waals surface area contributed by atoms with Crippen LogP contribution < -0.4 is 14.4 Å². The Morgan fingerprint density at radius 3 is 2.41 bits per heavy atom. The second-order valence-electron chi connectivity index (χ2n) is 11.9. The van der Waals surface area contributed by atoms with Gasteiger partial charge in [0.25, 0.3) is 0 Å². The summed E-state index contributed by atoms with van der Waals surface area (Å²) in [6.07, 6.45) is 4.59. The number of pyridine rings is 1. The Kier molecular flexibility index (Phi) is 8.31. The number of anilines is 1. The first kappa shape index (κ1) is 29.7. The average molecular weight is 612 g/mol. The summed E-state index contributed by atoms with van der Waals surface area (Å²) >= 11 is 0. The molecule has 228 valence electrons. The minimum absolute atomic E-state index is 0.0250. The van der Waals surface area contributed by atoms with E-state index in [9.17, 15) is 13.2 Å². The molecule has 6 rings (SSSR count). The van der Waals surface area contributed by atoms with Crippen LogP contribution in [0.1, 0.15) is 36.1 Å². The molecule has 2 aliphatic heterocycles. The van der Waals surface area contributed by atoms with Gasteiger partial charge >= 0.3 is 6.09 Å². The summed E-state index contributed by atoms with van der Waals surface area (Å²) in [5, 5.41) is 0. The lowest BCUT2D eigenvalue weighted by molar-refractivity contribution is -0.00948. The van der Waals surface area contributed by atoms with E-state index in [0.717, 1.165) is 59.4 Å². The van der Waals surface area contributed by atoms with Crippen LogP contribution in [-0.4, -0.2) is 57.2 Å². The van der Waals surface area contributed by atoms with Crippen molar-refractivity contribution in [3.8, 4) is 22.6 Å². The molecule has 1 aromatic heterocycles. The number of carbonyl (C=O) groups excluding carboxylic acids is 1. The predicted molar refractivity (Wildman–Crippen MR) is 172 cm³/mol. The average Bonchev–Trinajstić information content (AvgIpc) is 3.02. The van der Waals surface area contributed by atoms with E-state index in [2.05, 4.69) is 17.1 Å². The van der Waals surface area contributed by atoms with Crippen LogP contribution in [-0.2, 0) is 27.8 Å². The Hall–Kier alpha value is -4.37. The second kappa shape index (κ2) is 12.3. The molecule has 0 aliphatic carbocycles. The van der Waals surface area contributed by atoms with Crippen molar-refractivity contribution in [3.05, 3.63) is 108 Å². The molecule has 1 fully saturated rings. The van der Waals surface area contributed by atoms with Gasteiger partial charge in [0, 0.05) is 58.0 Å². The molecule has 1 spiro atoms. The Morgan fingerprint density at radius 1 is 0.909 bits per heavy atom. The van der Waals surface area contributed by atoms with Crippen LogP contribution in [0, 0.1) is 0 Å². The SMILES string of the molecule is CN(C)c1cccc(OC(=O)N2CCC3(CCc4cc(-c5ccc(CS(=O)(=O)Cc6ccccn6)cc5)ccc4O3)CC2)c1. The number of ether oxygens (including phenoxy) is 2. The van der Waals surface area contributed by atoms with Gasteiger partial charge in [0.05, 0.1) is 17.2 Å². The zero-order chi connectivity index (χ0) is 30.7. The van der Waals surface area contributed by atoms with Crippen LogP contribution in [0.5, 0.6) is 11.5 Å². The van der Waals surface area contributed by atoms with Crippen LogP contribution in [0.2, 0.25) is 0 Å². The van der Waals surface area contributed by atoms with Crippen molar-refractivity contribution in [2.24, 2.45) is 0 Å². The third-order valence-corrected chi connectivity index (χ3v) is 9.99. The number of aromatic nitrogens is 1. The smallest absolute Gasteiger partial charge is 0.415 e. The lowest BCUT2D eigenvalue weighted by Crippen LogP contribution is -2.51. The number of sulfone groups is 1. The summed E-state index contributed by atoms with van der Waals surface area (Å²) in [5.41, 5.74) is 5.27. The highest BCUT2D eigenvalue weighted by Crippen LogP contribution is 2.41. The molecule has 8 nitrogen and oxygen atoms in total. The molecule has 4 aromatic rings. The number of amides is 1. The van der Waals surface area contributed by atoms with E-state index in [0.29, 0.717) is 24.5 Å². The normalized spacial score (nSPS) is 15.7. The Balaban J connectivity index is 1.05. The van der Waals surface area contributed by atoms with E-state index in [1.807, 2.05) is 67.5 Å². The van der Waals surface area contributed by atoms with Crippen LogP contribution in [0.25, 0.3) is 11.1 Å². The third-order valence-electron chi connectivity index (χ3n) is 8.48. The minimum atomic E-state index is -3.33. The number of carbonyl (C=O) groups is 1. The topological polar surface area (TPSA) is 89.0 Å². The molecule has 0 radical (unpaired) electrons. The third kappa shape index (κ3) is 6.89. The molecule has 0 atom stereocenters. The van der Waals surface area contributed by atoms with Gasteiger partial charge in [0.1, 0.15) is 17.1 Å². The number of hydrogen-bond acceptors (Lipinski definition) is 7. The zero-order valence-electron chi connectivity index (χ0n) is 25.1. The maximum atomic E-state index is 12.9. The number of benzene rings is 3. The second-order valence-corrected chi connectivity index (χ2v) is 14.0. The molecule has 0 N–H and O–H groups in total. The molecule has 3 heterocycles. The lowest BCUT2D eigenvalue weighted by Gasteiger charge is -2.44. The molecule has 1 saturated heterocycles. The lowest BCUT2D eigenvalue weighted by atomic mass is 9.82. The van der Waals surface area contributed by atoms with Crippen molar-refractivity contribution in [1.82, 2.24) is 9.88 Å². The summed E-state index contributed by atoms with van der Waals surface area (Å²) in [7, 11) is 0.579. The molecule has 0 saturated carbocycles. The number of rotatable bonds is 7. The fourth-order valence-corrected chi connectivity index (χ4v) is 7.37. The van der Waals surface area contributed by atoms with Crippen LogP contribution >= 0.6 is 0 Å². The highest BCUT2D eigenvalue weighted by atomic mass is 32.2. The number of hydrogen-bond donors (Lipinski definition) is 0. The van der Waals surface area contributed by atoms with E-state index >= 15 is 0 Å². The monoisotopic (exact) mass is 611 g/mol. The van der Waals surface area contributed by atoms with Gasteiger partial charge in [-0.1, -0.05) is 42.5 Å². The molecule has 3 aromatic carbocycles. The van der Waals surface area contributed by atoms with Crippen LogP contribution in [0.15, 0.2) is 91.1 Å². The maximum absolute atomic E-state index is 12.9. The first-order valence-corrected chi connectivity index (χ1v) is 16.7. The van der Waals surface area contributed by atoms with E-state index in [-0.39, 0.29) is 23.2 Å². The van der Waals surface area contributed by atoms with Gasteiger partial charge in [-0.15, -0.1) is 0 Å². The summed E-state index contributed by atoms with van der Waals surface area (Å²) in [5.74, 6) is 1.34. The highest BCUT2D eigenvalue weighted by molar-refractivity contribution is 7.89. The quantitative estimate of drug-likeness (QED) is 0.243. The molecule has 2 aliphatic rings. The zero-order valence-corrected chi connectivity index (χ0v) is 25.9. The van der Waals surface area contributed by atoms with E-state index < -0.39 is 9.84 Å². The van der Waals surface area contributed by atoms with Crippen molar-refractivity contribution >= 4 is 21.6 Å². The largest absolute Gasteiger partial charge is 0.487 e. The predicted octanol–water partition coefficient (Wildman–Crippen LogP) is 6.29. The minimum Gasteiger partial charge on any atom is -0.487 e. The fraction of sp³-hybridized carbons (Fsp3) is 0.314. The first-order chi connectivity index (χ1) is 21.2. The van der Waals surface area contributed by atoms with Gasteiger partial charge in [-0.25, -0.2) is 13.2 Å². The molecular weight excluding hydrogens is 574 g/mol.